The maximum absolute atomic E-state index is 13.3. The van der Waals surface area contributed by atoms with Crippen molar-refractivity contribution >= 4 is 23.4 Å². The number of morpholine rings is 1. The molecule has 0 aliphatic carbocycles. The van der Waals surface area contributed by atoms with Crippen molar-refractivity contribution in [1.29, 1.82) is 0 Å². The van der Waals surface area contributed by atoms with Crippen LogP contribution in [0, 0.1) is 11.3 Å². The van der Waals surface area contributed by atoms with Crippen LogP contribution in [-0.2, 0) is 23.0 Å². The maximum atomic E-state index is 13.3. The Balaban J connectivity index is 1.44. The van der Waals surface area contributed by atoms with Crippen molar-refractivity contribution in [3.8, 4) is 5.75 Å². The number of nitrogens with zero attached hydrogens (tertiary/aromatic N) is 4. The number of carbonyl (C=O) groups is 2. The van der Waals surface area contributed by atoms with Crippen molar-refractivity contribution in [3.63, 3.8) is 0 Å². The molecule has 2 amide bonds. The predicted molar refractivity (Wildman–Crippen MR) is 138 cm³/mol. The van der Waals surface area contributed by atoms with Gasteiger partial charge in [0.05, 0.1) is 25.5 Å². The van der Waals surface area contributed by atoms with E-state index in [-0.39, 0.29) is 17.2 Å². The summed E-state index contributed by atoms with van der Waals surface area (Å²) < 4.78 is 13.3. The van der Waals surface area contributed by atoms with Crippen LogP contribution < -0.4 is 4.74 Å². The molecule has 1 aromatic carbocycles. The van der Waals surface area contributed by atoms with Crippen LogP contribution in [-0.4, -0.2) is 77.4 Å². The summed E-state index contributed by atoms with van der Waals surface area (Å²) in [6.07, 6.45) is 2.63. The molecule has 2 fully saturated rings. The second-order valence-corrected chi connectivity index (χ2v) is 10.9. The number of piperidine rings is 1. The molecule has 2 aliphatic heterocycles. The summed E-state index contributed by atoms with van der Waals surface area (Å²) in [5.74, 6) is 1.32. The maximum Gasteiger partial charge on any atom is 0.272 e. The van der Waals surface area contributed by atoms with E-state index in [9.17, 15) is 9.59 Å². The Morgan fingerprint density at radius 1 is 1.08 bits per heavy atom. The molecule has 4 rings (SSSR count). The second kappa shape index (κ2) is 11.6. The Labute approximate surface area is 218 Å². The van der Waals surface area contributed by atoms with Gasteiger partial charge >= 0.3 is 0 Å². The highest BCUT2D eigenvalue weighted by atomic mass is 35.5. The highest BCUT2D eigenvalue weighted by Gasteiger charge is 2.40. The molecule has 0 unspecified atom stereocenters. The minimum Gasteiger partial charge on any atom is -0.493 e. The van der Waals surface area contributed by atoms with Gasteiger partial charge in [0.2, 0.25) is 5.91 Å². The normalized spacial score (nSPS) is 17.9. The molecule has 2 saturated heterocycles. The van der Waals surface area contributed by atoms with Crippen LogP contribution in [0.25, 0.3) is 0 Å². The zero-order valence-electron chi connectivity index (χ0n) is 21.5. The van der Waals surface area contributed by atoms with E-state index in [0.717, 1.165) is 17.9 Å². The molecule has 2 aromatic rings. The lowest BCUT2D eigenvalue weighted by atomic mass is 9.75. The molecule has 0 radical (unpaired) electrons. The van der Waals surface area contributed by atoms with E-state index in [1.807, 2.05) is 35.0 Å². The molecule has 0 atom stereocenters. The average molecular weight is 517 g/mol. The summed E-state index contributed by atoms with van der Waals surface area (Å²) in [5, 5.41) is 5.19. The van der Waals surface area contributed by atoms with Gasteiger partial charge in [0.15, 0.2) is 0 Å². The Bertz CT molecular complexity index is 1040. The Hall–Kier alpha value is -2.58. The number of aromatic nitrogens is 2. The van der Waals surface area contributed by atoms with Crippen molar-refractivity contribution < 1.29 is 19.1 Å². The molecule has 0 spiro atoms. The highest BCUT2D eigenvalue weighted by molar-refractivity contribution is 6.30. The molecule has 0 bridgehead atoms. The van der Waals surface area contributed by atoms with Gasteiger partial charge in [0, 0.05) is 50.1 Å². The summed E-state index contributed by atoms with van der Waals surface area (Å²) in [4.78, 5) is 30.3. The predicted octanol–water partition coefficient (Wildman–Crippen LogP) is 3.82. The standard InChI is InChI=1S/C27H37ClN4O4/c1-20(2)16-22-17-24(30(3)29-22)26(34)32-10-8-27(9-11-32,18-25(33)31-12-14-35-15-13-31)19-36-23-6-4-21(28)5-7-23/h4-7,17,20H,8-16,18-19H2,1-3H3. The lowest BCUT2D eigenvalue weighted by molar-refractivity contribution is -0.139. The first-order valence-corrected chi connectivity index (χ1v) is 13.2. The molecular weight excluding hydrogens is 480 g/mol. The third-order valence-corrected chi connectivity index (χ3v) is 7.38. The van der Waals surface area contributed by atoms with Crippen LogP contribution in [0.5, 0.6) is 5.75 Å². The topological polar surface area (TPSA) is 76.9 Å². The number of likely N-dealkylation sites (tertiary alicyclic amines) is 1. The van der Waals surface area contributed by atoms with E-state index in [1.54, 1.807) is 16.8 Å². The second-order valence-electron chi connectivity index (χ2n) is 10.4. The lowest BCUT2D eigenvalue weighted by Crippen LogP contribution is -2.49. The third kappa shape index (κ3) is 6.59. The van der Waals surface area contributed by atoms with Gasteiger partial charge in [-0.15, -0.1) is 0 Å². The zero-order valence-corrected chi connectivity index (χ0v) is 22.3. The van der Waals surface area contributed by atoms with Gasteiger partial charge in [-0.2, -0.15) is 5.10 Å². The van der Waals surface area contributed by atoms with E-state index in [2.05, 4.69) is 18.9 Å². The van der Waals surface area contributed by atoms with Gasteiger partial charge in [-0.1, -0.05) is 25.4 Å². The lowest BCUT2D eigenvalue weighted by Gasteiger charge is -2.42. The number of amides is 2. The van der Waals surface area contributed by atoms with Crippen LogP contribution >= 0.6 is 11.6 Å². The molecule has 1 aromatic heterocycles. The average Bonchev–Trinajstić information content (AvgIpc) is 3.23. The molecule has 9 heteroatoms. The summed E-state index contributed by atoms with van der Waals surface area (Å²) in [6.45, 7) is 8.24. The van der Waals surface area contributed by atoms with Crippen LogP contribution in [0.1, 0.15) is 49.3 Å². The van der Waals surface area contributed by atoms with Crippen molar-refractivity contribution in [3.05, 3.63) is 46.7 Å². The van der Waals surface area contributed by atoms with Gasteiger partial charge in [0.25, 0.3) is 5.91 Å². The number of hydrogen-bond acceptors (Lipinski definition) is 5. The first-order valence-electron chi connectivity index (χ1n) is 12.8. The van der Waals surface area contributed by atoms with E-state index < -0.39 is 0 Å². The fourth-order valence-electron chi connectivity index (χ4n) is 4.98. The van der Waals surface area contributed by atoms with Crippen LogP contribution in [0.15, 0.2) is 30.3 Å². The number of carbonyl (C=O) groups excluding carboxylic acids is 2. The molecule has 2 aliphatic rings. The number of aryl methyl sites for hydroxylation is 1. The van der Waals surface area contributed by atoms with Gasteiger partial charge in [-0.25, -0.2) is 0 Å². The fraction of sp³-hybridized carbons (Fsp3) is 0.593. The van der Waals surface area contributed by atoms with E-state index in [1.165, 1.54) is 0 Å². The molecular formula is C27H37ClN4O4. The Morgan fingerprint density at radius 3 is 2.39 bits per heavy atom. The van der Waals surface area contributed by atoms with E-state index in [4.69, 9.17) is 21.1 Å². The summed E-state index contributed by atoms with van der Waals surface area (Å²) >= 11 is 6.02. The van der Waals surface area contributed by atoms with Crippen LogP contribution in [0.4, 0.5) is 0 Å². The summed E-state index contributed by atoms with van der Waals surface area (Å²) in [6, 6.07) is 9.19. The van der Waals surface area contributed by atoms with E-state index >= 15 is 0 Å². The number of ether oxygens (including phenoxy) is 2. The minimum atomic E-state index is -0.346. The molecule has 8 nitrogen and oxygen atoms in total. The number of halogens is 1. The first kappa shape index (κ1) is 26.5. The fourth-order valence-corrected chi connectivity index (χ4v) is 5.10. The molecule has 3 heterocycles. The zero-order chi connectivity index (χ0) is 25.7. The van der Waals surface area contributed by atoms with Gasteiger partial charge < -0.3 is 19.3 Å². The smallest absolute Gasteiger partial charge is 0.272 e. The summed E-state index contributed by atoms with van der Waals surface area (Å²) in [7, 11) is 1.83. The number of benzene rings is 1. The first-order chi connectivity index (χ1) is 17.2. The third-order valence-electron chi connectivity index (χ3n) is 7.13. The highest BCUT2D eigenvalue weighted by Crippen LogP contribution is 2.37. The van der Waals surface area contributed by atoms with Crippen molar-refractivity contribution in [2.45, 2.75) is 39.5 Å². The number of hydrogen-bond donors (Lipinski definition) is 0. The quantitative estimate of drug-likeness (QED) is 0.533. The largest absolute Gasteiger partial charge is 0.493 e. The minimum absolute atomic E-state index is 0.00766. The Morgan fingerprint density at radius 2 is 1.75 bits per heavy atom. The molecule has 36 heavy (non-hydrogen) atoms. The Kier molecular flexibility index (Phi) is 8.57. The number of rotatable bonds is 8. The van der Waals surface area contributed by atoms with Gasteiger partial charge in [0.1, 0.15) is 11.4 Å². The van der Waals surface area contributed by atoms with Crippen molar-refractivity contribution in [1.82, 2.24) is 19.6 Å². The van der Waals surface area contributed by atoms with Gasteiger partial charge in [-0.05, 0) is 55.5 Å². The van der Waals surface area contributed by atoms with E-state index in [0.29, 0.717) is 81.9 Å². The monoisotopic (exact) mass is 516 g/mol. The van der Waals surface area contributed by atoms with Gasteiger partial charge in [-0.3, -0.25) is 14.3 Å². The summed E-state index contributed by atoms with van der Waals surface area (Å²) in [5.41, 5.74) is 1.20. The van der Waals surface area contributed by atoms with Crippen LogP contribution in [0.3, 0.4) is 0 Å². The van der Waals surface area contributed by atoms with Crippen molar-refractivity contribution in [2.75, 3.05) is 46.0 Å². The van der Waals surface area contributed by atoms with Crippen LogP contribution in [0.2, 0.25) is 5.02 Å². The molecule has 0 N–H and O–H groups in total. The molecule has 0 saturated carbocycles. The van der Waals surface area contributed by atoms with Crippen molar-refractivity contribution in [2.24, 2.45) is 18.4 Å². The molecule has 196 valence electrons. The SMILES string of the molecule is CC(C)Cc1cc(C(=O)N2CCC(COc3ccc(Cl)cc3)(CC(=O)N3CCOCC3)CC2)n(C)n1.